The molecule has 9 aromatic heterocycles. The molecule has 20 aromatic carbocycles. The van der Waals surface area contributed by atoms with Gasteiger partial charge in [-0.2, -0.15) is 0 Å². The molecule has 0 fully saturated rings. The summed E-state index contributed by atoms with van der Waals surface area (Å²) in [6, 6.07) is 140. The number of benzene rings is 20. The predicted molar refractivity (Wildman–Crippen MR) is 554 cm³/mol. The predicted octanol–water partition coefficient (Wildman–Crippen LogP) is 36.0. The monoisotopic (exact) mass is 1700 g/mol. The van der Waals surface area contributed by atoms with Gasteiger partial charge in [-0.05, 0) is 242 Å². The summed E-state index contributed by atoms with van der Waals surface area (Å²) in [6.07, 6.45) is 1.88. The summed E-state index contributed by atoms with van der Waals surface area (Å²) < 4.78 is 20.5. The third-order valence-electron chi connectivity index (χ3n) is 26.5. The van der Waals surface area contributed by atoms with E-state index in [0.29, 0.717) is 0 Å². The Labute approximate surface area is 747 Å². The van der Waals surface area contributed by atoms with Crippen LogP contribution in [-0.2, 0) is 0 Å². The first-order valence-electron chi connectivity index (χ1n) is 43.1. The summed E-state index contributed by atoms with van der Waals surface area (Å²) in [5, 5.41) is 38.0. The van der Waals surface area contributed by atoms with Crippen LogP contribution in [0.1, 0.15) is 5.56 Å². The van der Waals surface area contributed by atoms with Gasteiger partial charge in [0.15, 0.2) is 0 Å². The van der Waals surface area contributed by atoms with Crippen LogP contribution in [0.15, 0.2) is 404 Å². The smallest absolute Gasteiger partial charge is 0.136 e. The Kier molecular flexibility index (Phi) is 16.3. The van der Waals surface area contributed by atoms with E-state index in [1.54, 1.807) is 11.3 Å². The lowest BCUT2D eigenvalue weighted by Crippen LogP contribution is -1.95. The highest BCUT2D eigenvalue weighted by molar-refractivity contribution is 7.28. The fraction of sp³-hybridized carbons (Fsp3) is 0.00847. The number of para-hydroxylation sites is 5. The maximum Gasteiger partial charge on any atom is 0.136 e. The summed E-state index contributed by atoms with van der Waals surface area (Å²) >= 11 is 9.33. The second-order valence-corrected chi connectivity index (χ2v) is 38.3. The third kappa shape index (κ3) is 11.0. The first-order valence-corrected chi connectivity index (χ1v) is 47.3. The fourth-order valence-corrected chi connectivity index (χ4v) is 26.8. The van der Waals surface area contributed by atoms with Crippen molar-refractivity contribution in [1.29, 1.82) is 0 Å². The van der Waals surface area contributed by atoms with Crippen molar-refractivity contribution in [2.24, 2.45) is 0 Å². The lowest BCUT2D eigenvalue weighted by molar-refractivity contribution is 0.669. The molecule has 127 heavy (non-hydrogen) atoms. The van der Waals surface area contributed by atoms with Gasteiger partial charge in [-0.15, -0.1) is 56.7 Å². The van der Waals surface area contributed by atoms with Crippen molar-refractivity contribution in [3.05, 3.63) is 405 Å². The van der Waals surface area contributed by atoms with Crippen LogP contribution in [0.2, 0.25) is 0 Å². The molecule has 592 valence electrons. The largest absolute Gasteiger partial charge is 0.456 e. The molecule has 29 rings (SSSR count). The molecule has 4 nitrogen and oxygen atoms in total. The highest BCUT2D eigenvalue weighted by Crippen LogP contribution is 2.55. The van der Waals surface area contributed by atoms with Crippen molar-refractivity contribution in [2.75, 3.05) is 0 Å². The molecule has 0 N–H and O–H groups in total. The summed E-state index contributed by atoms with van der Waals surface area (Å²) in [5.41, 5.74) is 20.6. The fourth-order valence-electron chi connectivity index (χ4n) is 21.0. The molecule has 0 saturated heterocycles. The molecule has 0 unspecified atom stereocenters. The minimum Gasteiger partial charge on any atom is -0.456 e. The van der Waals surface area contributed by atoms with Crippen LogP contribution in [0.5, 0.6) is 0 Å². The molecule has 0 spiro atoms. The molecule has 0 bridgehead atoms. The van der Waals surface area contributed by atoms with Gasteiger partial charge in [-0.3, -0.25) is 0 Å². The number of pyridine rings is 1. The van der Waals surface area contributed by atoms with Gasteiger partial charge in [0.1, 0.15) is 16.0 Å². The van der Waals surface area contributed by atoms with Gasteiger partial charge in [0, 0.05) is 131 Å². The Balaban J connectivity index is 0.000000102. The van der Waals surface area contributed by atoms with Crippen molar-refractivity contribution < 1.29 is 4.42 Å². The van der Waals surface area contributed by atoms with Gasteiger partial charge in [0.25, 0.3) is 0 Å². The van der Waals surface area contributed by atoms with Crippen molar-refractivity contribution in [3.63, 3.8) is 0 Å². The van der Waals surface area contributed by atoms with Gasteiger partial charge in [0.05, 0.1) is 22.1 Å². The molecule has 0 radical (unpaired) electrons. The van der Waals surface area contributed by atoms with Crippen LogP contribution in [0.3, 0.4) is 0 Å². The van der Waals surface area contributed by atoms with Crippen LogP contribution in [0, 0.1) is 6.92 Å². The molecule has 0 aliphatic heterocycles. The van der Waals surface area contributed by atoms with Crippen molar-refractivity contribution in [3.8, 4) is 55.9 Å². The van der Waals surface area contributed by atoms with E-state index >= 15 is 0 Å². The molecular weight excluding hydrogens is 1640 g/mol. The maximum atomic E-state index is 6.21. The third-order valence-corrected chi connectivity index (χ3v) is 32.1. The van der Waals surface area contributed by atoms with E-state index in [4.69, 9.17) is 4.42 Å². The Morgan fingerprint density at radius 1 is 0.260 bits per heavy atom. The number of aromatic nitrogens is 3. The highest BCUT2D eigenvalue weighted by atomic mass is 32.1. The van der Waals surface area contributed by atoms with E-state index in [2.05, 4.69) is 396 Å². The van der Waals surface area contributed by atoms with Crippen LogP contribution >= 0.6 is 56.7 Å². The average Bonchev–Trinajstić information content (AvgIpc) is 1.63. The van der Waals surface area contributed by atoms with Gasteiger partial charge in [-0.1, -0.05) is 267 Å². The first-order chi connectivity index (χ1) is 62.9. The quantitative estimate of drug-likeness (QED) is 0.156. The normalized spacial score (nSPS) is 12.1. The topological polar surface area (TPSA) is 35.9 Å². The Hall–Kier alpha value is -14.9. The molecule has 0 amide bonds. The molecular formula is C118H69N3OS5. The molecule has 29 aromatic rings. The second kappa shape index (κ2) is 28.6. The minimum atomic E-state index is 0.930. The number of rotatable bonds is 6. The lowest BCUT2D eigenvalue weighted by Gasteiger charge is -2.20. The molecule has 0 saturated carbocycles. The number of fused-ring (bicyclic) bond motifs is 32. The average molecular weight is 1710 g/mol. The van der Waals surface area contributed by atoms with Crippen molar-refractivity contribution in [1.82, 2.24) is 14.1 Å². The standard InChI is InChI=1S/C52H31NS.C37H23NS2.C29H15NOS2/c1-2-17-33(18-3-1)53-45-27-12-10-20-35(45)42-30-29-41-44(31-47-50(51(41)52(42)53)43-25-11-13-28-46(43)54-47)49-39-23-8-6-21-37(39)48(38-22-7-9-24-40(38)49)36-26-14-16-32-15-4-5-19-34(32)36;1-22-21-39-36-29(22)20-30(27-16-17-28-26-12-6-8-14-34(26)40-37(28)35(27)36)23-15-18-33-31(19-23)25-11-5-7-13-32(25)38(33)24-9-3-2-4-10-24;1-2-6-24-18(4-1)19-8-7-16(15-25(19)31-24)23-14-17-11-13-32-27(17)26-20(23)9-10-21-22-5-3-12-30-29(22)33-28(21)26/h1-31H;2-21H,1H3;1-15H. The highest BCUT2D eigenvalue weighted by Gasteiger charge is 2.27. The van der Waals surface area contributed by atoms with E-state index in [9.17, 15) is 0 Å². The minimum absolute atomic E-state index is 0.930. The number of furan rings is 1. The lowest BCUT2D eigenvalue weighted by atomic mass is 9.83. The Morgan fingerprint density at radius 2 is 0.780 bits per heavy atom. The molecule has 0 aliphatic rings. The van der Waals surface area contributed by atoms with E-state index < -0.39 is 0 Å². The SMILES string of the molecule is Cc1csc2c1cc(-c1ccc3c(c1)c1ccccc1n3-c1ccccc1)c1ccc3c4ccccc4sc3c12.c1ccc(-n2c3ccccc3c3ccc4c(-c5c6ccccc6c(-c6cccc7ccccc67)c6ccccc56)cc5sc6ccccc6c5c4c32)cc1.c1ccc2c(c1)oc1cc(-c3cc4ccsc4c4c3ccc3c5cccnc5sc34)ccc12. The molecule has 9 heterocycles. The van der Waals surface area contributed by atoms with Crippen molar-refractivity contribution >= 4 is 268 Å². The number of hydrogen-bond acceptors (Lipinski definition) is 7. The van der Waals surface area contributed by atoms with Gasteiger partial charge >= 0.3 is 0 Å². The molecule has 0 atom stereocenters. The zero-order valence-electron chi connectivity index (χ0n) is 68.4. The first kappa shape index (κ1) is 72.5. The summed E-state index contributed by atoms with van der Waals surface area (Å²) in [6.45, 7) is 2.25. The number of hydrogen-bond donors (Lipinski definition) is 0. The van der Waals surface area contributed by atoms with E-state index in [-0.39, 0.29) is 0 Å². The number of thiophene rings is 5. The second-order valence-electron chi connectivity index (χ2n) is 33.3. The van der Waals surface area contributed by atoms with Crippen LogP contribution in [0.4, 0.5) is 0 Å². The van der Waals surface area contributed by atoms with Gasteiger partial charge < -0.3 is 13.6 Å². The zero-order valence-corrected chi connectivity index (χ0v) is 72.5. The van der Waals surface area contributed by atoms with Gasteiger partial charge in [-0.25, -0.2) is 4.98 Å². The van der Waals surface area contributed by atoms with E-state index in [0.717, 1.165) is 26.8 Å². The summed E-state index contributed by atoms with van der Waals surface area (Å²) in [4.78, 5) is 5.73. The Morgan fingerprint density at radius 3 is 1.53 bits per heavy atom. The van der Waals surface area contributed by atoms with E-state index in [1.165, 1.54) is 246 Å². The number of aryl methyl sites for hydroxylation is 1. The van der Waals surface area contributed by atoms with Crippen molar-refractivity contribution in [2.45, 2.75) is 6.92 Å². The zero-order chi connectivity index (χ0) is 83.2. The van der Waals surface area contributed by atoms with Crippen LogP contribution < -0.4 is 0 Å². The molecule has 9 heteroatoms. The Bertz CT molecular complexity index is 9650. The maximum absolute atomic E-state index is 6.21. The van der Waals surface area contributed by atoms with E-state index in [1.807, 2.05) is 69.7 Å². The van der Waals surface area contributed by atoms with Crippen LogP contribution in [-0.4, -0.2) is 14.1 Å². The number of nitrogens with zero attached hydrogens (tertiary/aromatic N) is 3. The van der Waals surface area contributed by atoms with Gasteiger partial charge in [0.2, 0.25) is 0 Å². The molecule has 0 aliphatic carbocycles. The summed E-state index contributed by atoms with van der Waals surface area (Å²) in [7, 11) is 0. The summed E-state index contributed by atoms with van der Waals surface area (Å²) in [5.74, 6) is 0. The van der Waals surface area contributed by atoms with Crippen LogP contribution in [0.25, 0.3) is 267 Å².